The Bertz CT molecular complexity index is 1260. The third-order valence-corrected chi connectivity index (χ3v) is 5.26. The zero-order valence-electron chi connectivity index (χ0n) is 16.2. The maximum atomic E-state index is 4.83. The molecule has 0 aliphatic rings. The molecule has 0 N–H and O–H groups in total. The van der Waals surface area contributed by atoms with E-state index in [9.17, 15) is 0 Å². The molecule has 3 heteroatoms. The number of aromatic nitrogens is 1. The van der Waals surface area contributed by atoms with Gasteiger partial charge in [0.15, 0.2) is 0 Å². The van der Waals surface area contributed by atoms with Gasteiger partial charge in [-0.15, -0.1) is 0 Å². The molecule has 0 amide bonds. The van der Waals surface area contributed by atoms with Crippen LogP contribution in [0.25, 0.3) is 21.8 Å². The van der Waals surface area contributed by atoms with Crippen LogP contribution in [0.2, 0.25) is 0 Å². The van der Waals surface area contributed by atoms with Gasteiger partial charge >= 0.3 is 0 Å². The molecule has 0 bridgehead atoms. The predicted octanol–water partition coefficient (Wildman–Crippen LogP) is 6.50. The minimum absolute atomic E-state index is 1.03. The molecule has 0 fully saturated rings. The second-order valence-corrected chi connectivity index (χ2v) is 7.08. The van der Waals surface area contributed by atoms with E-state index in [1.54, 1.807) is 0 Å². The summed E-state index contributed by atoms with van der Waals surface area (Å²) in [5, 5.41) is 9.31. The fourth-order valence-electron chi connectivity index (χ4n) is 3.81. The van der Waals surface area contributed by atoms with Crippen LogP contribution in [0.3, 0.4) is 0 Å². The number of hydrazone groups is 1. The van der Waals surface area contributed by atoms with Crippen LogP contribution in [0.4, 0.5) is 11.4 Å². The van der Waals surface area contributed by atoms with Crippen LogP contribution in [0.15, 0.2) is 108 Å². The normalized spacial score (nSPS) is 11.5. The number of hydrogen-bond donors (Lipinski definition) is 0. The van der Waals surface area contributed by atoms with Crippen LogP contribution in [0.5, 0.6) is 0 Å². The van der Waals surface area contributed by atoms with Gasteiger partial charge in [0.2, 0.25) is 0 Å². The fraction of sp³-hybridized carbons (Fsp3) is 0.0385. The van der Waals surface area contributed by atoms with E-state index in [0.29, 0.717) is 0 Å². The number of anilines is 2. The lowest BCUT2D eigenvalue weighted by Gasteiger charge is -2.19. The molecule has 0 saturated carbocycles. The Hall–Kier alpha value is -3.85. The first-order valence-electron chi connectivity index (χ1n) is 9.73. The molecule has 0 aliphatic heterocycles. The monoisotopic (exact) mass is 375 g/mol. The Labute approximate surface area is 170 Å². The minimum atomic E-state index is 1.03. The van der Waals surface area contributed by atoms with E-state index in [0.717, 1.165) is 16.9 Å². The van der Waals surface area contributed by atoms with Crippen molar-refractivity contribution in [2.24, 2.45) is 12.1 Å². The summed E-state index contributed by atoms with van der Waals surface area (Å²) in [4.78, 5) is 0. The molecule has 0 radical (unpaired) electrons. The average molecular weight is 375 g/mol. The van der Waals surface area contributed by atoms with E-state index in [1.165, 1.54) is 21.8 Å². The van der Waals surface area contributed by atoms with Crippen molar-refractivity contribution >= 4 is 39.4 Å². The zero-order chi connectivity index (χ0) is 19.6. The van der Waals surface area contributed by atoms with Crippen molar-refractivity contribution < 1.29 is 0 Å². The van der Waals surface area contributed by atoms with Crippen LogP contribution in [0, 0.1) is 0 Å². The molecular weight excluding hydrogens is 354 g/mol. The van der Waals surface area contributed by atoms with E-state index in [4.69, 9.17) is 5.10 Å². The van der Waals surface area contributed by atoms with E-state index >= 15 is 0 Å². The number of nitrogens with zero attached hydrogens (tertiary/aromatic N) is 3. The molecule has 1 aromatic heterocycles. The van der Waals surface area contributed by atoms with E-state index in [2.05, 4.69) is 78.3 Å². The van der Waals surface area contributed by atoms with Gasteiger partial charge in [0.1, 0.15) is 0 Å². The maximum absolute atomic E-state index is 4.83. The Balaban J connectivity index is 1.58. The summed E-state index contributed by atoms with van der Waals surface area (Å²) in [5.74, 6) is 0. The molecule has 0 spiro atoms. The summed E-state index contributed by atoms with van der Waals surface area (Å²) in [7, 11) is 2.12. The molecule has 0 saturated heterocycles. The van der Waals surface area contributed by atoms with Crippen molar-refractivity contribution in [3.8, 4) is 0 Å². The van der Waals surface area contributed by atoms with E-state index in [1.807, 2.05) is 47.6 Å². The summed E-state index contributed by atoms with van der Waals surface area (Å²) >= 11 is 0. The first kappa shape index (κ1) is 17.3. The number of para-hydroxylation sites is 3. The topological polar surface area (TPSA) is 20.5 Å². The molecule has 5 aromatic rings. The Morgan fingerprint density at radius 2 is 1.24 bits per heavy atom. The molecular formula is C26H21N3. The van der Waals surface area contributed by atoms with Crippen LogP contribution in [-0.2, 0) is 7.05 Å². The minimum Gasteiger partial charge on any atom is -0.344 e. The van der Waals surface area contributed by atoms with Crippen LogP contribution >= 0.6 is 0 Å². The summed E-state index contributed by atoms with van der Waals surface area (Å²) in [5.41, 5.74) is 5.60. The molecule has 29 heavy (non-hydrogen) atoms. The van der Waals surface area contributed by atoms with Gasteiger partial charge in [0.25, 0.3) is 0 Å². The van der Waals surface area contributed by atoms with Crippen LogP contribution in [0.1, 0.15) is 5.56 Å². The summed E-state index contributed by atoms with van der Waals surface area (Å²) in [6, 6.07) is 35.5. The van der Waals surface area contributed by atoms with Crippen molar-refractivity contribution in [2.75, 3.05) is 5.01 Å². The largest absolute Gasteiger partial charge is 0.344 e. The van der Waals surface area contributed by atoms with Crippen LogP contribution < -0.4 is 5.01 Å². The molecule has 0 aliphatic carbocycles. The van der Waals surface area contributed by atoms with Gasteiger partial charge < -0.3 is 4.57 Å². The number of hydrogen-bond acceptors (Lipinski definition) is 2. The lowest BCUT2D eigenvalue weighted by molar-refractivity contribution is 1.01. The molecule has 0 atom stereocenters. The van der Waals surface area contributed by atoms with Crippen molar-refractivity contribution in [1.29, 1.82) is 0 Å². The van der Waals surface area contributed by atoms with Gasteiger partial charge in [-0.3, -0.25) is 0 Å². The summed E-state index contributed by atoms with van der Waals surface area (Å²) in [6.45, 7) is 0. The number of fused-ring (bicyclic) bond motifs is 3. The van der Waals surface area contributed by atoms with Gasteiger partial charge in [0, 0.05) is 28.9 Å². The van der Waals surface area contributed by atoms with Crippen molar-refractivity contribution in [1.82, 2.24) is 4.57 Å². The summed E-state index contributed by atoms with van der Waals surface area (Å²) < 4.78 is 2.24. The van der Waals surface area contributed by atoms with Gasteiger partial charge in [-0.1, -0.05) is 60.7 Å². The Kier molecular flexibility index (Phi) is 4.34. The molecule has 5 rings (SSSR count). The van der Waals surface area contributed by atoms with E-state index < -0.39 is 0 Å². The second-order valence-electron chi connectivity index (χ2n) is 7.08. The standard InChI is InChI=1S/C26H21N3/c1-28-25-15-9-8-14-23(25)24-18-20(16-17-26(24)28)19-27-29(21-10-4-2-5-11-21)22-12-6-3-7-13-22/h2-19H,1H3/b27-19-. The van der Waals surface area contributed by atoms with Gasteiger partial charge in [-0.05, 0) is 48.0 Å². The first-order valence-corrected chi connectivity index (χ1v) is 9.73. The highest BCUT2D eigenvalue weighted by atomic mass is 15.5. The number of rotatable bonds is 4. The molecule has 4 aromatic carbocycles. The van der Waals surface area contributed by atoms with Gasteiger partial charge in [-0.25, -0.2) is 5.01 Å². The third kappa shape index (κ3) is 3.17. The highest BCUT2D eigenvalue weighted by Crippen LogP contribution is 2.29. The quantitative estimate of drug-likeness (QED) is 0.259. The number of aryl methyl sites for hydroxylation is 1. The van der Waals surface area contributed by atoms with Crippen LogP contribution in [-0.4, -0.2) is 10.8 Å². The zero-order valence-corrected chi connectivity index (χ0v) is 16.2. The van der Waals surface area contributed by atoms with Crippen molar-refractivity contribution in [2.45, 2.75) is 0 Å². The first-order chi connectivity index (χ1) is 14.3. The molecule has 140 valence electrons. The third-order valence-electron chi connectivity index (χ3n) is 5.26. The highest BCUT2D eigenvalue weighted by Gasteiger charge is 2.09. The lowest BCUT2D eigenvalue weighted by Crippen LogP contribution is -2.09. The van der Waals surface area contributed by atoms with Crippen molar-refractivity contribution in [3.63, 3.8) is 0 Å². The summed E-state index contributed by atoms with van der Waals surface area (Å²) in [6.07, 6.45) is 1.93. The molecule has 0 unspecified atom stereocenters. The lowest BCUT2D eigenvalue weighted by atomic mass is 10.1. The molecule has 3 nitrogen and oxygen atoms in total. The SMILES string of the molecule is Cn1c2ccccc2c2cc(/C=N\N(c3ccccc3)c3ccccc3)ccc21. The number of benzene rings is 4. The average Bonchev–Trinajstić information content (AvgIpc) is 3.07. The Morgan fingerprint density at radius 1 is 0.655 bits per heavy atom. The van der Waals surface area contributed by atoms with E-state index in [-0.39, 0.29) is 0 Å². The Morgan fingerprint density at radius 3 is 1.93 bits per heavy atom. The molecule has 1 heterocycles. The smallest absolute Gasteiger partial charge is 0.0652 e. The fourth-order valence-corrected chi connectivity index (χ4v) is 3.81. The highest BCUT2D eigenvalue weighted by molar-refractivity contribution is 6.09. The van der Waals surface area contributed by atoms with Crippen molar-refractivity contribution in [3.05, 3.63) is 109 Å². The predicted molar refractivity (Wildman–Crippen MR) is 123 cm³/mol. The second kappa shape index (κ2) is 7.28. The maximum Gasteiger partial charge on any atom is 0.0652 e. The van der Waals surface area contributed by atoms with Gasteiger partial charge in [-0.2, -0.15) is 5.10 Å². The van der Waals surface area contributed by atoms with Gasteiger partial charge in [0.05, 0.1) is 17.6 Å².